The first-order chi connectivity index (χ1) is 8.93. The minimum Gasteiger partial charge on any atom is -0.491 e. The highest BCUT2D eigenvalue weighted by Crippen LogP contribution is 2.17. The lowest BCUT2D eigenvalue weighted by Crippen LogP contribution is -2.22. The Morgan fingerprint density at radius 2 is 1.79 bits per heavy atom. The fraction of sp³-hybridized carbons (Fsp3) is 0.438. The molecule has 0 heterocycles. The fourth-order valence-corrected chi connectivity index (χ4v) is 1.80. The molecule has 0 saturated heterocycles. The third kappa shape index (κ3) is 4.78. The first kappa shape index (κ1) is 15.3. The number of hydrogen-bond donors (Lipinski definition) is 1. The Hall–Kier alpha value is -1.77. The summed E-state index contributed by atoms with van der Waals surface area (Å²) in [6.07, 6.45) is 0.814. The van der Waals surface area contributed by atoms with Gasteiger partial charge < -0.3 is 10.1 Å². The highest BCUT2D eigenvalue weighted by Gasteiger charge is 2.10. The Labute approximate surface area is 115 Å². The van der Waals surface area contributed by atoms with E-state index in [1.54, 1.807) is 7.05 Å². The SMILES string of the molecule is CNC(=O)C(Cc1ccc(OC(C)C)cc1)=C(C)C. The van der Waals surface area contributed by atoms with Gasteiger partial charge in [-0.25, -0.2) is 0 Å². The lowest BCUT2D eigenvalue weighted by atomic mass is 10.0. The minimum absolute atomic E-state index is 0.0116. The van der Waals surface area contributed by atoms with Gasteiger partial charge in [-0.15, -0.1) is 0 Å². The van der Waals surface area contributed by atoms with Crippen molar-refractivity contribution in [3.63, 3.8) is 0 Å². The summed E-state index contributed by atoms with van der Waals surface area (Å²) in [6, 6.07) is 7.90. The van der Waals surface area contributed by atoms with Crippen LogP contribution in [0, 0.1) is 0 Å². The first-order valence-electron chi connectivity index (χ1n) is 6.58. The van der Waals surface area contributed by atoms with Crippen LogP contribution in [0.3, 0.4) is 0 Å². The maximum absolute atomic E-state index is 11.8. The molecule has 1 amide bonds. The van der Waals surface area contributed by atoms with E-state index in [1.165, 1.54) is 0 Å². The van der Waals surface area contributed by atoms with Crippen LogP contribution in [0.2, 0.25) is 0 Å². The standard InChI is InChI=1S/C16H23NO2/c1-11(2)15(16(18)17-5)10-13-6-8-14(9-7-13)19-12(3)4/h6-9,12H,10H2,1-5H3,(H,17,18). The summed E-state index contributed by atoms with van der Waals surface area (Å²) in [5, 5.41) is 2.68. The molecule has 0 atom stereocenters. The van der Waals surface area contributed by atoms with Gasteiger partial charge in [-0.2, -0.15) is 0 Å². The molecular formula is C16H23NO2. The fourth-order valence-electron chi connectivity index (χ4n) is 1.80. The maximum Gasteiger partial charge on any atom is 0.247 e. The Morgan fingerprint density at radius 3 is 2.21 bits per heavy atom. The van der Waals surface area contributed by atoms with Gasteiger partial charge in [0.15, 0.2) is 0 Å². The van der Waals surface area contributed by atoms with Crippen LogP contribution < -0.4 is 10.1 Å². The third-order valence-electron chi connectivity index (χ3n) is 2.78. The van der Waals surface area contributed by atoms with E-state index in [9.17, 15) is 4.79 Å². The molecule has 0 unspecified atom stereocenters. The van der Waals surface area contributed by atoms with Gasteiger partial charge in [0, 0.05) is 19.0 Å². The second-order valence-electron chi connectivity index (χ2n) is 5.05. The number of carbonyl (C=O) groups is 1. The number of amides is 1. The van der Waals surface area contributed by atoms with Crippen molar-refractivity contribution in [3.8, 4) is 5.75 Å². The lowest BCUT2D eigenvalue weighted by Gasteiger charge is -2.11. The molecule has 1 aromatic carbocycles. The summed E-state index contributed by atoms with van der Waals surface area (Å²) in [5.74, 6) is 0.847. The van der Waals surface area contributed by atoms with Crippen LogP contribution in [0.25, 0.3) is 0 Å². The van der Waals surface area contributed by atoms with E-state index in [1.807, 2.05) is 52.0 Å². The van der Waals surface area contributed by atoms with E-state index in [0.29, 0.717) is 6.42 Å². The molecule has 1 aromatic rings. The molecule has 0 aliphatic carbocycles. The largest absolute Gasteiger partial charge is 0.491 e. The van der Waals surface area contributed by atoms with Gasteiger partial charge >= 0.3 is 0 Å². The summed E-state index contributed by atoms with van der Waals surface area (Å²) >= 11 is 0. The van der Waals surface area contributed by atoms with E-state index in [-0.39, 0.29) is 12.0 Å². The smallest absolute Gasteiger partial charge is 0.247 e. The third-order valence-corrected chi connectivity index (χ3v) is 2.78. The van der Waals surface area contributed by atoms with E-state index in [2.05, 4.69) is 5.32 Å². The van der Waals surface area contributed by atoms with E-state index in [0.717, 1.165) is 22.5 Å². The monoisotopic (exact) mass is 261 g/mol. The molecule has 0 aliphatic heterocycles. The predicted molar refractivity (Wildman–Crippen MR) is 78.4 cm³/mol. The number of rotatable bonds is 5. The zero-order valence-electron chi connectivity index (χ0n) is 12.4. The molecule has 0 bridgehead atoms. The van der Waals surface area contributed by atoms with Crippen LogP contribution in [0.4, 0.5) is 0 Å². The number of ether oxygens (including phenoxy) is 1. The Balaban J connectivity index is 2.82. The van der Waals surface area contributed by atoms with E-state index < -0.39 is 0 Å². The molecule has 0 spiro atoms. The summed E-state index contributed by atoms with van der Waals surface area (Å²) in [4.78, 5) is 11.8. The summed E-state index contributed by atoms with van der Waals surface area (Å²) in [5.41, 5.74) is 2.97. The number of benzene rings is 1. The Bertz CT molecular complexity index is 454. The molecule has 0 aliphatic rings. The highest BCUT2D eigenvalue weighted by molar-refractivity contribution is 5.94. The van der Waals surface area contributed by atoms with Crippen molar-refractivity contribution in [1.82, 2.24) is 5.32 Å². The molecule has 0 fully saturated rings. The highest BCUT2D eigenvalue weighted by atomic mass is 16.5. The maximum atomic E-state index is 11.8. The van der Waals surface area contributed by atoms with Gasteiger partial charge in [0.2, 0.25) is 5.91 Å². The number of hydrogen-bond acceptors (Lipinski definition) is 2. The molecule has 1 rings (SSSR count). The van der Waals surface area contributed by atoms with Gasteiger partial charge in [-0.1, -0.05) is 17.7 Å². The molecule has 19 heavy (non-hydrogen) atoms. The van der Waals surface area contributed by atoms with Crippen molar-refractivity contribution in [3.05, 3.63) is 41.0 Å². The Kier molecular flexibility index (Phi) is 5.61. The quantitative estimate of drug-likeness (QED) is 0.827. The number of nitrogens with one attached hydrogen (secondary N) is 1. The zero-order valence-corrected chi connectivity index (χ0v) is 12.4. The van der Waals surface area contributed by atoms with Crippen molar-refractivity contribution in [2.24, 2.45) is 0 Å². The average Bonchev–Trinajstić information content (AvgIpc) is 2.36. The van der Waals surface area contributed by atoms with Gasteiger partial charge in [0.1, 0.15) is 5.75 Å². The van der Waals surface area contributed by atoms with Gasteiger partial charge in [0.05, 0.1) is 6.10 Å². The van der Waals surface area contributed by atoms with Gasteiger partial charge in [0.25, 0.3) is 0 Å². The van der Waals surface area contributed by atoms with Crippen molar-refractivity contribution in [1.29, 1.82) is 0 Å². The van der Waals surface area contributed by atoms with Crippen LogP contribution >= 0.6 is 0 Å². The molecule has 3 heteroatoms. The van der Waals surface area contributed by atoms with Crippen LogP contribution in [-0.2, 0) is 11.2 Å². The molecule has 0 radical (unpaired) electrons. The van der Waals surface area contributed by atoms with Gasteiger partial charge in [-0.3, -0.25) is 4.79 Å². The summed E-state index contributed by atoms with van der Waals surface area (Å²) < 4.78 is 5.60. The summed E-state index contributed by atoms with van der Waals surface area (Å²) in [6.45, 7) is 7.92. The van der Waals surface area contributed by atoms with Crippen molar-refractivity contribution >= 4 is 5.91 Å². The van der Waals surface area contributed by atoms with E-state index in [4.69, 9.17) is 4.74 Å². The first-order valence-corrected chi connectivity index (χ1v) is 6.58. The van der Waals surface area contributed by atoms with Crippen LogP contribution in [0.5, 0.6) is 5.75 Å². The average molecular weight is 261 g/mol. The molecule has 3 nitrogen and oxygen atoms in total. The topological polar surface area (TPSA) is 38.3 Å². The molecule has 104 valence electrons. The van der Waals surface area contributed by atoms with Crippen molar-refractivity contribution in [2.45, 2.75) is 40.2 Å². The van der Waals surface area contributed by atoms with E-state index >= 15 is 0 Å². The lowest BCUT2D eigenvalue weighted by molar-refractivity contribution is -0.117. The number of likely N-dealkylation sites (N-methyl/N-ethyl adjacent to an activating group) is 1. The number of carbonyl (C=O) groups excluding carboxylic acids is 1. The van der Waals surface area contributed by atoms with Crippen LogP contribution in [0.1, 0.15) is 33.3 Å². The predicted octanol–water partition coefficient (Wildman–Crippen LogP) is 3.10. The Morgan fingerprint density at radius 1 is 1.21 bits per heavy atom. The molecular weight excluding hydrogens is 238 g/mol. The molecule has 0 aromatic heterocycles. The normalized spacial score (nSPS) is 10.2. The van der Waals surface area contributed by atoms with Crippen molar-refractivity contribution < 1.29 is 9.53 Å². The van der Waals surface area contributed by atoms with Gasteiger partial charge in [-0.05, 0) is 45.4 Å². The molecule has 0 saturated carbocycles. The minimum atomic E-state index is -0.0116. The van der Waals surface area contributed by atoms with Crippen LogP contribution in [0.15, 0.2) is 35.4 Å². The number of allylic oxidation sites excluding steroid dienone is 1. The van der Waals surface area contributed by atoms with Crippen LogP contribution in [-0.4, -0.2) is 19.1 Å². The second kappa shape index (κ2) is 6.98. The summed E-state index contributed by atoms with van der Waals surface area (Å²) in [7, 11) is 1.66. The van der Waals surface area contributed by atoms with Crippen molar-refractivity contribution in [2.75, 3.05) is 7.05 Å². The zero-order chi connectivity index (χ0) is 14.4. The second-order valence-corrected chi connectivity index (χ2v) is 5.05. The molecule has 1 N–H and O–H groups in total.